The molecule has 0 saturated heterocycles. The highest BCUT2D eigenvalue weighted by Crippen LogP contribution is 2.48. The first-order valence-electron chi connectivity index (χ1n) is 28.2. The van der Waals surface area contributed by atoms with Crippen LogP contribution in [-0.4, -0.2) is 14.1 Å². The molecule has 1 aliphatic heterocycles. The molecular weight excluding hydrogens is 961 g/mol. The van der Waals surface area contributed by atoms with Crippen LogP contribution in [0.15, 0.2) is 176 Å². The third kappa shape index (κ3) is 9.15. The Morgan fingerprint density at radius 2 is 0.962 bits per heavy atom. The van der Waals surface area contributed by atoms with Gasteiger partial charge in [-0.1, -0.05) is 213 Å². The van der Waals surface area contributed by atoms with Gasteiger partial charge in [-0.25, -0.2) is 4.98 Å². The first kappa shape index (κ1) is 51.7. The van der Waals surface area contributed by atoms with Gasteiger partial charge >= 0.3 is 0 Å². The Kier molecular flexibility index (Phi) is 12.0. The van der Waals surface area contributed by atoms with E-state index in [1.807, 2.05) is 6.20 Å². The molecule has 4 heterocycles. The van der Waals surface area contributed by atoms with Gasteiger partial charge in [0.05, 0.1) is 33.4 Å². The third-order valence-corrected chi connectivity index (χ3v) is 16.3. The van der Waals surface area contributed by atoms with Crippen LogP contribution >= 0.6 is 0 Å². The molecule has 0 unspecified atom stereocenters. The summed E-state index contributed by atoms with van der Waals surface area (Å²) in [6.07, 6.45) is 6.05. The number of aromatic nitrogens is 4. The Morgan fingerprint density at radius 3 is 1.59 bits per heavy atom. The average Bonchev–Trinajstić information content (AvgIpc) is 3.94. The van der Waals surface area contributed by atoms with Crippen LogP contribution < -0.4 is 9.30 Å². The van der Waals surface area contributed by atoms with E-state index in [-0.39, 0.29) is 27.1 Å². The summed E-state index contributed by atoms with van der Waals surface area (Å²) in [5.74, 6) is 2.35. The molecule has 11 aromatic rings. The lowest BCUT2D eigenvalue weighted by molar-refractivity contribution is -0.572. The van der Waals surface area contributed by atoms with Crippen molar-refractivity contribution in [2.45, 2.75) is 131 Å². The van der Waals surface area contributed by atoms with Gasteiger partial charge < -0.3 is 4.74 Å². The predicted molar refractivity (Wildman–Crippen MR) is 331 cm³/mol. The molecule has 12 rings (SSSR count). The SMILES string of the molecule is CC(C)(C)c1cc(-c2cc3c4c(c2)n(-c2cccc(Oc5ccc6c7ccccc7n(-c7cc(C(C)(C)C)ccn7)c6c5)c2)[c-][n+]4-c2c(cc(C(C)(C)C)cc2C(C)(C)C)-c2ccccc2-c2ccccc2-3)cc(C(C)(C)C)c1. The Bertz CT molecular complexity index is 4210. The van der Waals surface area contributed by atoms with E-state index in [2.05, 4.69) is 294 Å². The maximum atomic E-state index is 7.02. The summed E-state index contributed by atoms with van der Waals surface area (Å²) < 4.78 is 14.0. The molecule has 0 amide bonds. The van der Waals surface area contributed by atoms with E-state index in [4.69, 9.17) is 9.72 Å². The number of nitrogens with zero attached hydrogens (tertiary/aromatic N) is 4. The van der Waals surface area contributed by atoms with Crippen LogP contribution in [0.4, 0.5) is 0 Å². The Morgan fingerprint density at radius 1 is 0.405 bits per heavy atom. The van der Waals surface area contributed by atoms with Crippen LogP contribution in [0.1, 0.15) is 132 Å². The number of fused-ring (bicyclic) bond motifs is 10. The van der Waals surface area contributed by atoms with E-state index in [0.717, 1.165) is 67.3 Å². The fourth-order valence-electron chi connectivity index (χ4n) is 11.7. The number of ether oxygens (including phenoxy) is 1. The topological polar surface area (TPSA) is 35.9 Å². The van der Waals surface area contributed by atoms with Crippen molar-refractivity contribution in [2.24, 2.45) is 0 Å². The Labute approximate surface area is 468 Å². The number of rotatable bonds is 5. The monoisotopic (exact) mass is 1030 g/mol. The standard InChI is InChI=1S/C74H74N4O/c1-70(2,3)48-33-34-75-67(42-48)78-64-30-21-20-29-59(64)60-32-31-54(44-65(60)78)79-53-24-22-23-52(43-53)76-45-77-68-62(40-51(73(10,11)12)41-63(68)74(13,14)15)58-28-19-17-26-56(58)55-25-16-18-27-57(55)61-37-47(38-66(76)69(61)77)46-35-49(71(4,5)6)39-50(36-46)72(7,8)9/h16-44H,1-15H3. The predicted octanol–water partition coefficient (Wildman–Crippen LogP) is 19.5. The first-order valence-corrected chi connectivity index (χ1v) is 28.2. The zero-order chi connectivity index (χ0) is 55.7. The highest BCUT2D eigenvalue weighted by atomic mass is 16.5. The van der Waals surface area contributed by atoms with E-state index in [1.165, 1.54) is 66.6 Å². The fourth-order valence-corrected chi connectivity index (χ4v) is 11.7. The minimum absolute atomic E-state index is 0.0345. The van der Waals surface area contributed by atoms with Crippen LogP contribution in [0.2, 0.25) is 0 Å². The van der Waals surface area contributed by atoms with Crippen molar-refractivity contribution in [2.75, 3.05) is 0 Å². The lowest BCUT2D eigenvalue weighted by atomic mass is 9.77. The smallest absolute Gasteiger partial charge is 0.269 e. The molecule has 0 N–H and O–H groups in total. The molecule has 1 aliphatic rings. The van der Waals surface area contributed by atoms with Crippen LogP contribution in [0.25, 0.3) is 94.5 Å². The number of imidazole rings is 1. The van der Waals surface area contributed by atoms with E-state index in [0.29, 0.717) is 0 Å². The molecule has 5 heteroatoms. The molecule has 79 heavy (non-hydrogen) atoms. The van der Waals surface area contributed by atoms with Crippen LogP contribution in [-0.2, 0) is 27.1 Å². The minimum Gasteiger partial charge on any atom is -0.458 e. The van der Waals surface area contributed by atoms with Gasteiger partial charge in [-0.15, -0.1) is 0 Å². The van der Waals surface area contributed by atoms with E-state index in [9.17, 15) is 0 Å². The van der Waals surface area contributed by atoms with Gasteiger partial charge in [0.2, 0.25) is 0 Å². The summed E-state index contributed by atoms with van der Waals surface area (Å²) in [4.78, 5) is 4.96. The minimum atomic E-state index is -0.237. The molecule has 0 bridgehead atoms. The molecule has 0 saturated carbocycles. The number of hydrogen-bond donors (Lipinski definition) is 0. The molecular formula is C74H74N4O. The van der Waals surface area contributed by atoms with Crippen molar-refractivity contribution in [3.05, 3.63) is 210 Å². The summed E-state index contributed by atoms with van der Waals surface area (Å²) >= 11 is 0. The zero-order valence-corrected chi connectivity index (χ0v) is 48.9. The number of benzene rings is 8. The molecule has 396 valence electrons. The second-order valence-electron chi connectivity index (χ2n) is 27.3. The van der Waals surface area contributed by atoms with Gasteiger partial charge in [-0.2, -0.15) is 0 Å². The summed E-state index contributed by atoms with van der Waals surface area (Å²) in [5.41, 5.74) is 21.8. The van der Waals surface area contributed by atoms with Gasteiger partial charge in [0.1, 0.15) is 17.3 Å². The highest BCUT2D eigenvalue weighted by Gasteiger charge is 2.32. The lowest BCUT2D eigenvalue weighted by Crippen LogP contribution is -2.35. The van der Waals surface area contributed by atoms with Crippen LogP contribution in [0.5, 0.6) is 11.5 Å². The maximum Gasteiger partial charge on any atom is 0.269 e. The van der Waals surface area contributed by atoms with Crippen molar-refractivity contribution >= 4 is 32.8 Å². The summed E-state index contributed by atoms with van der Waals surface area (Å²) in [7, 11) is 0. The van der Waals surface area contributed by atoms with Gasteiger partial charge in [-0.05, 0) is 154 Å². The maximum absolute atomic E-state index is 7.02. The molecule has 3 aromatic heterocycles. The quantitative estimate of drug-likeness (QED) is 0.127. The van der Waals surface area contributed by atoms with Gasteiger partial charge in [0, 0.05) is 23.0 Å². The second-order valence-corrected chi connectivity index (χ2v) is 27.3. The van der Waals surface area contributed by atoms with Gasteiger partial charge in [-0.3, -0.25) is 13.7 Å². The molecule has 0 atom stereocenters. The van der Waals surface area contributed by atoms with Crippen molar-refractivity contribution in [1.29, 1.82) is 0 Å². The normalized spacial score (nSPS) is 13.0. The van der Waals surface area contributed by atoms with Crippen molar-refractivity contribution < 1.29 is 9.30 Å². The summed E-state index contributed by atoms with van der Waals surface area (Å²) in [5, 5.41) is 2.32. The second kappa shape index (κ2) is 18.3. The summed E-state index contributed by atoms with van der Waals surface area (Å²) in [6.45, 7) is 34.7. The van der Waals surface area contributed by atoms with Crippen LogP contribution in [0.3, 0.4) is 0 Å². The van der Waals surface area contributed by atoms with Crippen LogP contribution in [0, 0.1) is 6.33 Å². The highest BCUT2D eigenvalue weighted by molar-refractivity contribution is 6.09. The Hall–Kier alpha value is -8.02. The number of para-hydroxylation sites is 1. The molecule has 0 spiro atoms. The first-order chi connectivity index (χ1) is 37.3. The molecule has 0 fully saturated rings. The lowest BCUT2D eigenvalue weighted by Gasteiger charge is -2.30. The Balaban J connectivity index is 1.13. The third-order valence-electron chi connectivity index (χ3n) is 16.3. The fraction of sp³-hybridized carbons (Fsp3) is 0.270. The van der Waals surface area contributed by atoms with E-state index < -0.39 is 0 Å². The van der Waals surface area contributed by atoms with E-state index in [1.54, 1.807) is 0 Å². The number of hydrogen-bond acceptors (Lipinski definition) is 2. The summed E-state index contributed by atoms with van der Waals surface area (Å²) in [6, 6.07) is 63.1. The van der Waals surface area contributed by atoms with E-state index >= 15 is 0 Å². The largest absolute Gasteiger partial charge is 0.458 e. The molecule has 5 nitrogen and oxygen atoms in total. The van der Waals surface area contributed by atoms with Crippen molar-refractivity contribution in [3.8, 4) is 73.2 Å². The molecule has 0 radical (unpaired) electrons. The van der Waals surface area contributed by atoms with Crippen molar-refractivity contribution in [3.63, 3.8) is 0 Å². The zero-order valence-electron chi connectivity index (χ0n) is 48.9. The van der Waals surface area contributed by atoms with Gasteiger partial charge in [0.25, 0.3) is 6.33 Å². The number of pyridine rings is 1. The molecule has 8 aromatic carbocycles. The average molecular weight is 1040 g/mol. The van der Waals surface area contributed by atoms with Gasteiger partial charge in [0.15, 0.2) is 0 Å². The molecule has 0 aliphatic carbocycles. The van der Waals surface area contributed by atoms with Crippen molar-refractivity contribution in [1.82, 2.24) is 14.1 Å².